The van der Waals surface area contributed by atoms with Crippen LogP contribution < -0.4 is 10.6 Å². The average Bonchev–Trinajstić information content (AvgIpc) is 2.77. The monoisotopic (exact) mass is 316 g/mol. The Morgan fingerprint density at radius 2 is 1.77 bits per heavy atom. The molecule has 0 aromatic heterocycles. The van der Waals surface area contributed by atoms with E-state index in [9.17, 15) is 14.0 Å². The van der Waals surface area contributed by atoms with E-state index in [-0.39, 0.29) is 18.2 Å². The van der Waals surface area contributed by atoms with Crippen molar-refractivity contribution in [2.45, 2.75) is 16.6 Å². The van der Waals surface area contributed by atoms with Crippen LogP contribution in [0.2, 0.25) is 0 Å². The molecule has 1 aliphatic rings. The van der Waals surface area contributed by atoms with Gasteiger partial charge in [0.25, 0.3) is 0 Å². The molecule has 22 heavy (non-hydrogen) atoms. The SMILES string of the molecule is Nc1ccccc1S[C@H]1CC(=O)N(c2ccc(F)cc2)C1=O. The molecule has 2 aromatic rings. The molecule has 2 amide bonds. The number of imide groups is 1. The molecule has 1 aliphatic heterocycles. The van der Waals surface area contributed by atoms with Gasteiger partial charge in [0.05, 0.1) is 10.9 Å². The van der Waals surface area contributed by atoms with Crippen molar-refractivity contribution in [2.75, 3.05) is 10.6 Å². The molecule has 6 heteroatoms. The molecule has 1 fully saturated rings. The van der Waals surface area contributed by atoms with Crippen molar-refractivity contribution in [3.63, 3.8) is 0 Å². The number of thioether (sulfide) groups is 1. The van der Waals surface area contributed by atoms with Gasteiger partial charge in [-0.2, -0.15) is 0 Å². The van der Waals surface area contributed by atoms with Crippen molar-refractivity contribution in [3.8, 4) is 0 Å². The molecule has 0 aliphatic carbocycles. The van der Waals surface area contributed by atoms with Crippen molar-refractivity contribution < 1.29 is 14.0 Å². The summed E-state index contributed by atoms with van der Waals surface area (Å²) in [4.78, 5) is 26.5. The first kappa shape index (κ1) is 14.6. The minimum Gasteiger partial charge on any atom is -0.398 e. The van der Waals surface area contributed by atoms with Crippen LogP contribution in [-0.2, 0) is 9.59 Å². The summed E-state index contributed by atoms with van der Waals surface area (Å²) in [5.74, 6) is -1.00. The fourth-order valence-corrected chi connectivity index (χ4v) is 3.40. The highest BCUT2D eigenvalue weighted by atomic mass is 32.2. The molecule has 1 heterocycles. The lowest BCUT2D eigenvalue weighted by molar-refractivity contribution is -0.121. The number of carbonyl (C=O) groups is 2. The molecule has 0 saturated carbocycles. The van der Waals surface area contributed by atoms with Crippen molar-refractivity contribution in [2.24, 2.45) is 0 Å². The van der Waals surface area contributed by atoms with Gasteiger partial charge in [-0.05, 0) is 36.4 Å². The van der Waals surface area contributed by atoms with E-state index in [1.54, 1.807) is 6.07 Å². The van der Waals surface area contributed by atoms with Crippen LogP contribution in [0.4, 0.5) is 15.8 Å². The highest BCUT2D eigenvalue weighted by Gasteiger charge is 2.40. The fourth-order valence-electron chi connectivity index (χ4n) is 2.30. The highest BCUT2D eigenvalue weighted by molar-refractivity contribution is 8.00. The van der Waals surface area contributed by atoms with E-state index >= 15 is 0 Å². The number of amides is 2. The lowest BCUT2D eigenvalue weighted by atomic mass is 10.3. The predicted molar refractivity (Wildman–Crippen MR) is 84.0 cm³/mol. The summed E-state index contributed by atoms with van der Waals surface area (Å²) in [7, 11) is 0. The second-order valence-corrected chi connectivity index (χ2v) is 6.14. The molecule has 2 N–H and O–H groups in total. The Morgan fingerprint density at radius 3 is 2.45 bits per heavy atom. The molecular weight excluding hydrogens is 303 g/mol. The van der Waals surface area contributed by atoms with E-state index in [4.69, 9.17) is 5.73 Å². The Kier molecular flexibility index (Phi) is 3.85. The maximum Gasteiger partial charge on any atom is 0.247 e. The van der Waals surface area contributed by atoms with E-state index in [1.807, 2.05) is 18.2 Å². The van der Waals surface area contributed by atoms with E-state index in [2.05, 4.69) is 0 Å². The molecule has 0 bridgehead atoms. The summed E-state index contributed by atoms with van der Waals surface area (Å²) in [6, 6.07) is 12.5. The van der Waals surface area contributed by atoms with Crippen LogP contribution in [0, 0.1) is 5.82 Å². The quantitative estimate of drug-likeness (QED) is 0.698. The van der Waals surface area contributed by atoms with Crippen molar-refractivity contribution in [1.82, 2.24) is 0 Å². The Hall–Kier alpha value is -2.34. The molecule has 1 atom stereocenters. The zero-order valence-corrected chi connectivity index (χ0v) is 12.3. The number of nitrogen functional groups attached to an aromatic ring is 1. The third-order valence-corrected chi connectivity index (χ3v) is 4.66. The van der Waals surface area contributed by atoms with Crippen LogP contribution in [0.3, 0.4) is 0 Å². The number of para-hydroxylation sites is 1. The lowest BCUT2D eigenvalue weighted by Gasteiger charge is -2.15. The molecule has 1 saturated heterocycles. The molecule has 0 radical (unpaired) electrons. The van der Waals surface area contributed by atoms with Crippen molar-refractivity contribution >= 4 is 35.0 Å². The second-order valence-electron chi connectivity index (χ2n) is 4.89. The number of anilines is 2. The predicted octanol–water partition coefficient (Wildman–Crippen LogP) is 2.83. The van der Waals surface area contributed by atoms with E-state index in [0.717, 1.165) is 9.80 Å². The van der Waals surface area contributed by atoms with Gasteiger partial charge in [-0.15, -0.1) is 11.8 Å². The number of nitrogens with two attached hydrogens (primary N) is 1. The van der Waals surface area contributed by atoms with Crippen molar-refractivity contribution in [3.05, 3.63) is 54.3 Å². The summed E-state index contributed by atoms with van der Waals surface area (Å²) >= 11 is 1.28. The summed E-state index contributed by atoms with van der Waals surface area (Å²) in [6.45, 7) is 0. The summed E-state index contributed by atoms with van der Waals surface area (Å²) in [6.07, 6.45) is 0.106. The van der Waals surface area contributed by atoms with Gasteiger partial charge in [0.1, 0.15) is 5.82 Å². The largest absolute Gasteiger partial charge is 0.398 e. The first-order chi connectivity index (χ1) is 10.6. The smallest absolute Gasteiger partial charge is 0.247 e. The van der Waals surface area contributed by atoms with Gasteiger partial charge in [0.15, 0.2) is 0 Å². The van der Waals surface area contributed by atoms with Gasteiger partial charge in [-0.1, -0.05) is 12.1 Å². The zero-order valence-electron chi connectivity index (χ0n) is 11.5. The number of carbonyl (C=O) groups excluding carboxylic acids is 2. The number of hydrogen-bond acceptors (Lipinski definition) is 4. The third kappa shape index (κ3) is 2.69. The maximum absolute atomic E-state index is 13.0. The molecule has 0 unspecified atom stereocenters. The van der Waals surface area contributed by atoms with Gasteiger partial charge in [0, 0.05) is 17.0 Å². The summed E-state index contributed by atoms with van der Waals surface area (Å²) in [5.41, 5.74) is 6.84. The highest BCUT2D eigenvalue weighted by Crippen LogP contribution is 2.36. The minimum atomic E-state index is -0.512. The normalized spacial score (nSPS) is 18.0. The number of rotatable bonds is 3. The lowest BCUT2D eigenvalue weighted by Crippen LogP contribution is -2.31. The third-order valence-electron chi connectivity index (χ3n) is 3.38. The van der Waals surface area contributed by atoms with Crippen LogP contribution in [0.5, 0.6) is 0 Å². The standard InChI is InChI=1S/C16H13FN2O2S/c17-10-5-7-11(8-6-10)19-15(20)9-14(16(19)21)22-13-4-2-1-3-12(13)18/h1-8,14H,9,18H2/t14-/m0/s1. The van der Waals surface area contributed by atoms with Gasteiger partial charge in [-0.25, -0.2) is 9.29 Å². The number of halogens is 1. The molecule has 112 valence electrons. The first-order valence-electron chi connectivity index (χ1n) is 6.70. The Labute approximate surface area is 131 Å². The van der Waals surface area contributed by atoms with Gasteiger partial charge in [0.2, 0.25) is 11.8 Å². The van der Waals surface area contributed by atoms with Gasteiger partial charge in [-0.3, -0.25) is 9.59 Å². The molecular formula is C16H13FN2O2S. The molecule has 0 spiro atoms. The van der Waals surface area contributed by atoms with Crippen LogP contribution in [0.15, 0.2) is 53.4 Å². The van der Waals surface area contributed by atoms with Crippen molar-refractivity contribution in [1.29, 1.82) is 0 Å². The van der Waals surface area contributed by atoms with E-state index in [1.165, 1.54) is 36.0 Å². The van der Waals surface area contributed by atoms with Crippen LogP contribution in [0.1, 0.15) is 6.42 Å². The Balaban J connectivity index is 1.82. The van der Waals surface area contributed by atoms with E-state index in [0.29, 0.717) is 11.4 Å². The average molecular weight is 316 g/mol. The Bertz CT molecular complexity index is 733. The molecule has 2 aromatic carbocycles. The maximum atomic E-state index is 13.0. The number of nitrogens with zero attached hydrogens (tertiary/aromatic N) is 1. The zero-order chi connectivity index (χ0) is 15.7. The Morgan fingerprint density at radius 1 is 1.09 bits per heavy atom. The van der Waals surface area contributed by atoms with Crippen LogP contribution in [0.25, 0.3) is 0 Å². The topological polar surface area (TPSA) is 63.4 Å². The second kappa shape index (κ2) is 5.81. The van der Waals surface area contributed by atoms with Crippen LogP contribution >= 0.6 is 11.8 Å². The fraction of sp³-hybridized carbons (Fsp3) is 0.125. The van der Waals surface area contributed by atoms with Gasteiger partial charge < -0.3 is 5.73 Å². The minimum absolute atomic E-state index is 0.106. The molecule has 4 nitrogen and oxygen atoms in total. The molecule has 3 rings (SSSR count). The number of hydrogen-bond donors (Lipinski definition) is 1. The summed E-state index contributed by atoms with van der Waals surface area (Å²) < 4.78 is 13.0. The summed E-state index contributed by atoms with van der Waals surface area (Å²) in [5, 5.41) is -0.512. The van der Waals surface area contributed by atoms with Crippen LogP contribution in [-0.4, -0.2) is 17.1 Å². The number of benzene rings is 2. The van der Waals surface area contributed by atoms with E-state index < -0.39 is 11.1 Å². The van der Waals surface area contributed by atoms with Gasteiger partial charge >= 0.3 is 0 Å². The first-order valence-corrected chi connectivity index (χ1v) is 7.58.